The second-order valence-electron chi connectivity index (χ2n) is 5.82. The third-order valence-corrected chi connectivity index (χ3v) is 3.98. The number of nitrogens with zero attached hydrogens (tertiary/aromatic N) is 2. The van der Waals surface area contributed by atoms with Crippen molar-refractivity contribution in [3.63, 3.8) is 0 Å². The van der Waals surface area contributed by atoms with E-state index < -0.39 is 16.9 Å². The van der Waals surface area contributed by atoms with Crippen LogP contribution in [0.3, 0.4) is 0 Å². The van der Waals surface area contributed by atoms with E-state index in [1.807, 2.05) is 0 Å². The topological polar surface area (TPSA) is 141 Å². The van der Waals surface area contributed by atoms with E-state index in [0.29, 0.717) is 5.71 Å². The minimum Gasteiger partial charge on any atom is -0.478 e. The first-order valence-corrected chi connectivity index (χ1v) is 8.16. The summed E-state index contributed by atoms with van der Waals surface area (Å²) in [6, 6.07) is 8.98. The summed E-state index contributed by atoms with van der Waals surface area (Å²) in [6.45, 7) is 1.59. The zero-order valence-electron chi connectivity index (χ0n) is 15.2. The van der Waals surface area contributed by atoms with Gasteiger partial charge in [-0.1, -0.05) is 5.16 Å². The number of carbonyl (C=O) groups is 2. The monoisotopic (exact) mass is 398 g/mol. The zero-order chi connectivity index (χ0) is 21.1. The van der Waals surface area contributed by atoms with Gasteiger partial charge in [0.15, 0.2) is 5.76 Å². The number of ether oxygens (including phenoxy) is 1. The van der Waals surface area contributed by atoms with Gasteiger partial charge in [-0.15, -0.1) is 0 Å². The van der Waals surface area contributed by atoms with E-state index in [4.69, 9.17) is 9.15 Å². The van der Waals surface area contributed by atoms with Crippen molar-refractivity contribution >= 4 is 34.3 Å². The number of hydrogen-bond acceptors (Lipinski definition) is 8. The molecule has 0 atom stereocenters. The maximum absolute atomic E-state index is 12.6. The fourth-order valence-corrected chi connectivity index (χ4v) is 2.63. The van der Waals surface area contributed by atoms with Crippen LogP contribution < -0.4 is 4.74 Å². The van der Waals surface area contributed by atoms with E-state index in [-0.39, 0.29) is 39.3 Å². The molecule has 0 amide bonds. The van der Waals surface area contributed by atoms with E-state index in [0.717, 1.165) is 0 Å². The van der Waals surface area contributed by atoms with Crippen molar-refractivity contribution in [3.8, 4) is 5.75 Å². The molecule has 0 saturated carbocycles. The first-order chi connectivity index (χ1) is 13.8. The third kappa shape index (κ3) is 3.90. The number of carbonyl (C=O) groups excluding carboxylic acids is 1. The van der Waals surface area contributed by atoms with Crippen molar-refractivity contribution in [2.75, 3.05) is 7.11 Å². The smallest absolute Gasteiger partial charge is 0.344 e. The van der Waals surface area contributed by atoms with E-state index in [9.17, 15) is 24.8 Å². The molecule has 2 aromatic carbocycles. The molecule has 0 aliphatic rings. The van der Waals surface area contributed by atoms with Crippen LogP contribution in [0, 0.1) is 10.1 Å². The molecular weight excluding hydrogens is 384 g/mol. The fraction of sp³-hybridized carbons (Fsp3) is 0.105. The summed E-state index contributed by atoms with van der Waals surface area (Å²) in [5, 5.41) is 24.1. The van der Waals surface area contributed by atoms with Gasteiger partial charge in [0.25, 0.3) is 5.69 Å². The molecule has 3 aromatic rings. The second kappa shape index (κ2) is 7.80. The normalized spacial score (nSPS) is 11.3. The molecule has 0 bridgehead atoms. The van der Waals surface area contributed by atoms with Crippen LogP contribution in [0.25, 0.3) is 11.0 Å². The molecule has 0 saturated heterocycles. The molecule has 1 N–H and O–H groups in total. The summed E-state index contributed by atoms with van der Waals surface area (Å²) in [5.74, 6) is -1.70. The van der Waals surface area contributed by atoms with Crippen LogP contribution in [0.4, 0.5) is 5.69 Å². The van der Waals surface area contributed by atoms with Crippen molar-refractivity contribution in [2.45, 2.75) is 6.92 Å². The van der Waals surface area contributed by atoms with Crippen molar-refractivity contribution in [1.82, 2.24) is 0 Å². The Morgan fingerprint density at radius 3 is 2.38 bits per heavy atom. The van der Waals surface area contributed by atoms with E-state index >= 15 is 0 Å². The molecule has 1 aromatic heterocycles. The summed E-state index contributed by atoms with van der Waals surface area (Å²) in [6.07, 6.45) is 0. The van der Waals surface area contributed by atoms with Gasteiger partial charge in [-0.3, -0.25) is 10.1 Å². The molecule has 0 spiro atoms. The first-order valence-electron chi connectivity index (χ1n) is 8.16. The molecule has 0 unspecified atom stereocenters. The Kier molecular flexibility index (Phi) is 5.26. The quantitative estimate of drug-likeness (QED) is 0.218. The fourth-order valence-electron chi connectivity index (χ4n) is 2.63. The van der Waals surface area contributed by atoms with Gasteiger partial charge in [0.1, 0.15) is 29.7 Å². The van der Waals surface area contributed by atoms with Crippen LogP contribution in [-0.2, 0) is 4.84 Å². The molecule has 0 radical (unpaired) electrons. The van der Waals surface area contributed by atoms with Crippen LogP contribution in [-0.4, -0.2) is 34.8 Å². The predicted octanol–water partition coefficient (Wildman–Crippen LogP) is 3.63. The number of carboxylic acids is 1. The Morgan fingerprint density at radius 2 is 1.79 bits per heavy atom. The first kappa shape index (κ1) is 19.5. The highest BCUT2D eigenvalue weighted by atomic mass is 16.6. The zero-order valence-corrected chi connectivity index (χ0v) is 15.2. The van der Waals surface area contributed by atoms with E-state index in [1.54, 1.807) is 6.92 Å². The SMILES string of the molecule is CON=C(C)c1cc2c(C(=O)Oc3ccc([N+](=O)[O-])cc3)ccc(C(=O)O)c2o1. The Morgan fingerprint density at radius 1 is 1.14 bits per heavy atom. The highest BCUT2D eigenvalue weighted by Crippen LogP contribution is 2.29. The molecule has 148 valence electrons. The standard InChI is InChI=1S/C19H14N2O8/c1-10(20-27-2)16-9-15-13(7-8-14(18(22)23)17(15)29-16)19(24)28-12-5-3-11(4-6-12)21(25)26/h3-9H,1-2H3,(H,22,23). The number of esters is 1. The number of aromatic carboxylic acids is 1. The van der Waals surface area contributed by atoms with Crippen LogP contribution in [0.5, 0.6) is 5.75 Å². The van der Waals surface area contributed by atoms with Gasteiger partial charge in [0, 0.05) is 17.5 Å². The molecule has 3 rings (SSSR count). The number of rotatable bonds is 6. The highest BCUT2D eigenvalue weighted by molar-refractivity contribution is 6.12. The number of fused-ring (bicyclic) bond motifs is 1. The summed E-state index contributed by atoms with van der Waals surface area (Å²) < 4.78 is 10.8. The molecule has 0 aliphatic heterocycles. The lowest BCUT2D eigenvalue weighted by molar-refractivity contribution is -0.384. The lowest BCUT2D eigenvalue weighted by Gasteiger charge is -2.06. The maximum Gasteiger partial charge on any atom is 0.344 e. The Labute approximate surface area is 163 Å². The van der Waals surface area contributed by atoms with Gasteiger partial charge >= 0.3 is 11.9 Å². The molecule has 10 heteroatoms. The number of oxime groups is 1. The molecule has 0 aliphatic carbocycles. The average molecular weight is 398 g/mol. The van der Waals surface area contributed by atoms with Gasteiger partial charge in [-0.2, -0.15) is 0 Å². The Hall–Kier alpha value is -4.21. The largest absolute Gasteiger partial charge is 0.478 e. The average Bonchev–Trinajstić information content (AvgIpc) is 3.13. The lowest BCUT2D eigenvalue weighted by Crippen LogP contribution is -2.10. The third-order valence-electron chi connectivity index (χ3n) is 3.98. The minimum absolute atomic E-state index is 0.0173. The number of benzene rings is 2. The van der Waals surface area contributed by atoms with Gasteiger partial charge in [0.2, 0.25) is 0 Å². The minimum atomic E-state index is -1.23. The van der Waals surface area contributed by atoms with Gasteiger partial charge in [0.05, 0.1) is 10.5 Å². The number of nitro benzene ring substituents is 1. The molecular formula is C19H14N2O8. The van der Waals surface area contributed by atoms with E-state index in [1.165, 1.54) is 49.6 Å². The van der Waals surface area contributed by atoms with Gasteiger partial charge in [-0.25, -0.2) is 9.59 Å². The molecule has 29 heavy (non-hydrogen) atoms. The summed E-state index contributed by atoms with van der Waals surface area (Å²) in [7, 11) is 1.35. The van der Waals surface area contributed by atoms with Crippen LogP contribution in [0.2, 0.25) is 0 Å². The van der Waals surface area contributed by atoms with Crippen LogP contribution in [0.1, 0.15) is 33.4 Å². The molecule has 1 heterocycles. The summed E-state index contributed by atoms with van der Waals surface area (Å²) in [5.41, 5.74) is 0.100. The molecule has 0 fully saturated rings. The molecule has 10 nitrogen and oxygen atoms in total. The summed E-state index contributed by atoms with van der Waals surface area (Å²) >= 11 is 0. The number of furan rings is 1. The number of nitro groups is 1. The Bertz CT molecular complexity index is 1140. The number of hydrogen-bond donors (Lipinski definition) is 1. The predicted molar refractivity (Wildman–Crippen MR) is 100 cm³/mol. The van der Waals surface area contributed by atoms with Gasteiger partial charge < -0.3 is 19.1 Å². The lowest BCUT2D eigenvalue weighted by atomic mass is 10.1. The highest BCUT2D eigenvalue weighted by Gasteiger charge is 2.22. The summed E-state index contributed by atoms with van der Waals surface area (Å²) in [4.78, 5) is 39.0. The van der Waals surface area contributed by atoms with Crippen molar-refractivity contribution in [1.29, 1.82) is 0 Å². The number of carboxylic acid groups (broad SMARTS) is 1. The van der Waals surface area contributed by atoms with Crippen molar-refractivity contribution in [3.05, 3.63) is 69.5 Å². The maximum atomic E-state index is 12.6. The van der Waals surface area contributed by atoms with Crippen molar-refractivity contribution in [2.24, 2.45) is 5.16 Å². The second-order valence-corrected chi connectivity index (χ2v) is 5.82. The van der Waals surface area contributed by atoms with Crippen LogP contribution in [0.15, 0.2) is 52.0 Å². The Balaban J connectivity index is 2.02. The van der Waals surface area contributed by atoms with Gasteiger partial charge in [-0.05, 0) is 37.3 Å². The van der Waals surface area contributed by atoms with Crippen molar-refractivity contribution < 1.29 is 33.6 Å². The number of non-ortho nitro benzene ring substituents is 1. The van der Waals surface area contributed by atoms with Crippen LogP contribution >= 0.6 is 0 Å². The van der Waals surface area contributed by atoms with E-state index in [2.05, 4.69) is 9.99 Å².